The van der Waals surface area contributed by atoms with Gasteiger partial charge in [0.2, 0.25) is 5.91 Å². The van der Waals surface area contributed by atoms with Gasteiger partial charge in [0, 0.05) is 32.3 Å². The average molecular weight is 347 g/mol. The van der Waals surface area contributed by atoms with E-state index in [2.05, 4.69) is 16.3 Å². The third kappa shape index (κ3) is 4.44. The van der Waals surface area contributed by atoms with E-state index in [0.717, 1.165) is 50.2 Å². The molecule has 0 spiro atoms. The van der Waals surface area contributed by atoms with E-state index in [1.807, 2.05) is 18.2 Å². The van der Waals surface area contributed by atoms with E-state index in [4.69, 9.17) is 15.2 Å². The van der Waals surface area contributed by atoms with Gasteiger partial charge in [-0.3, -0.25) is 4.79 Å². The van der Waals surface area contributed by atoms with E-state index in [0.29, 0.717) is 13.2 Å². The number of rotatable bonds is 5. The molecule has 0 aromatic heterocycles. The van der Waals surface area contributed by atoms with E-state index < -0.39 is 6.04 Å². The van der Waals surface area contributed by atoms with E-state index in [1.54, 1.807) is 7.11 Å². The normalized spacial score (nSPS) is 21.0. The summed E-state index contributed by atoms with van der Waals surface area (Å²) in [6.45, 7) is 3.22. The van der Waals surface area contributed by atoms with Crippen molar-refractivity contribution in [3.63, 3.8) is 0 Å². The number of ether oxygens (including phenoxy) is 2. The lowest BCUT2D eigenvalue weighted by Crippen LogP contribution is -2.52. The Morgan fingerprint density at radius 2 is 1.92 bits per heavy atom. The molecule has 25 heavy (non-hydrogen) atoms. The number of para-hydroxylation sites is 2. The molecule has 3 N–H and O–H groups in total. The van der Waals surface area contributed by atoms with Gasteiger partial charge in [-0.1, -0.05) is 12.1 Å². The summed E-state index contributed by atoms with van der Waals surface area (Å²) in [7, 11) is 1.70. The van der Waals surface area contributed by atoms with Gasteiger partial charge < -0.3 is 25.4 Å². The Morgan fingerprint density at radius 3 is 2.60 bits per heavy atom. The van der Waals surface area contributed by atoms with Crippen LogP contribution in [0.5, 0.6) is 5.75 Å². The second kappa shape index (κ2) is 8.54. The van der Waals surface area contributed by atoms with E-state index in [9.17, 15) is 4.79 Å². The first-order chi connectivity index (χ1) is 12.2. The van der Waals surface area contributed by atoms with Crippen LogP contribution in [-0.4, -0.2) is 51.4 Å². The number of hydrogen-bond acceptors (Lipinski definition) is 5. The summed E-state index contributed by atoms with van der Waals surface area (Å²) in [5.74, 6) is 1.12. The number of amides is 1. The van der Waals surface area contributed by atoms with Gasteiger partial charge >= 0.3 is 0 Å². The molecule has 0 aliphatic carbocycles. The van der Waals surface area contributed by atoms with Crippen molar-refractivity contribution in [1.29, 1.82) is 0 Å². The van der Waals surface area contributed by atoms with Gasteiger partial charge in [-0.15, -0.1) is 0 Å². The molecule has 0 radical (unpaired) electrons. The maximum Gasteiger partial charge on any atom is 0.237 e. The highest BCUT2D eigenvalue weighted by molar-refractivity contribution is 5.82. The van der Waals surface area contributed by atoms with E-state index >= 15 is 0 Å². The molecule has 0 saturated carbocycles. The number of nitrogens with two attached hydrogens (primary N) is 1. The van der Waals surface area contributed by atoms with Crippen molar-refractivity contribution >= 4 is 11.6 Å². The Labute approximate surface area is 149 Å². The van der Waals surface area contributed by atoms with Crippen LogP contribution in [0.1, 0.15) is 25.7 Å². The molecule has 3 rings (SSSR count). The lowest BCUT2D eigenvalue weighted by atomic mass is 9.91. The zero-order valence-electron chi connectivity index (χ0n) is 14.9. The summed E-state index contributed by atoms with van der Waals surface area (Å²) in [6.07, 6.45) is 3.59. The number of methoxy groups -OCH3 is 1. The fraction of sp³-hybridized carbons (Fsp3) is 0.632. The minimum Gasteiger partial charge on any atom is -0.495 e. The molecule has 2 heterocycles. The maximum atomic E-state index is 12.5. The quantitative estimate of drug-likeness (QED) is 0.845. The molecule has 1 amide bonds. The molecule has 1 unspecified atom stereocenters. The summed E-state index contributed by atoms with van der Waals surface area (Å²) in [6, 6.07) is 7.85. The van der Waals surface area contributed by atoms with Crippen LogP contribution in [0.25, 0.3) is 0 Å². The Balaban J connectivity index is 1.49. The zero-order valence-corrected chi connectivity index (χ0v) is 14.9. The molecule has 0 bridgehead atoms. The number of anilines is 1. The number of piperidine rings is 1. The lowest BCUT2D eigenvalue weighted by Gasteiger charge is -2.35. The first-order valence-electron chi connectivity index (χ1n) is 9.20. The van der Waals surface area contributed by atoms with Crippen molar-refractivity contribution in [3.05, 3.63) is 24.3 Å². The summed E-state index contributed by atoms with van der Waals surface area (Å²) in [5, 5.41) is 3.15. The molecule has 2 fully saturated rings. The molecule has 6 heteroatoms. The van der Waals surface area contributed by atoms with Gasteiger partial charge in [0.25, 0.3) is 0 Å². The number of nitrogens with zero attached hydrogens (tertiary/aromatic N) is 1. The highest BCUT2D eigenvalue weighted by Gasteiger charge is 2.29. The topological polar surface area (TPSA) is 76.8 Å². The zero-order chi connectivity index (χ0) is 17.6. The van der Waals surface area contributed by atoms with Gasteiger partial charge in [0.1, 0.15) is 5.75 Å². The van der Waals surface area contributed by atoms with Crippen molar-refractivity contribution in [2.75, 3.05) is 38.3 Å². The van der Waals surface area contributed by atoms with Crippen LogP contribution in [0, 0.1) is 5.92 Å². The predicted octanol–water partition coefficient (Wildman–Crippen LogP) is 1.53. The summed E-state index contributed by atoms with van der Waals surface area (Å²) < 4.78 is 10.8. The maximum absolute atomic E-state index is 12.5. The third-order valence-electron chi connectivity index (χ3n) is 5.34. The lowest BCUT2D eigenvalue weighted by molar-refractivity contribution is -0.125. The fourth-order valence-electron chi connectivity index (χ4n) is 3.74. The Bertz CT molecular complexity index is 567. The molecular formula is C19H29N3O3. The SMILES string of the molecule is COc1ccccc1N1CCC(NC(=O)C(N)C2CCOCC2)CC1. The fourth-order valence-corrected chi connectivity index (χ4v) is 3.74. The highest BCUT2D eigenvalue weighted by Crippen LogP contribution is 2.30. The van der Waals surface area contributed by atoms with Crippen LogP contribution >= 0.6 is 0 Å². The third-order valence-corrected chi connectivity index (χ3v) is 5.34. The van der Waals surface area contributed by atoms with Crippen molar-refractivity contribution in [1.82, 2.24) is 5.32 Å². The van der Waals surface area contributed by atoms with E-state index in [-0.39, 0.29) is 17.9 Å². The van der Waals surface area contributed by atoms with Crippen LogP contribution in [0.3, 0.4) is 0 Å². The van der Waals surface area contributed by atoms with Crippen LogP contribution < -0.4 is 20.7 Å². The van der Waals surface area contributed by atoms with Gasteiger partial charge in [-0.2, -0.15) is 0 Å². The number of nitrogens with one attached hydrogen (secondary N) is 1. The largest absolute Gasteiger partial charge is 0.495 e. The molecule has 138 valence electrons. The number of carbonyl (C=O) groups excluding carboxylic acids is 1. The number of hydrogen-bond donors (Lipinski definition) is 2. The monoisotopic (exact) mass is 347 g/mol. The molecule has 6 nitrogen and oxygen atoms in total. The molecule has 2 aliphatic heterocycles. The van der Waals surface area contributed by atoms with Crippen molar-refractivity contribution < 1.29 is 14.3 Å². The van der Waals surface area contributed by atoms with Gasteiger partial charge in [0.05, 0.1) is 18.8 Å². The predicted molar refractivity (Wildman–Crippen MR) is 97.9 cm³/mol. The molecular weight excluding hydrogens is 318 g/mol. The summed E-state index contributed by atoms with van der Waals surface area (Å²) in [4.78, 5) is 14.8. The average Bonchev–Trinajstić information content (AvgIpc) is 2.68. The van der Waals surface area contributed by atoms with Crippen molar-refractivity contribution in [3.8, 4) is 5.75 Å². The second-order valence-electron chi connectivity index (χ2n) is 6.92. The Kier molecular flexibility index (Phi) is 6.15. The molecule has 1 atom stereocenters. The molecule has 2 saturated heterocycles. The highest BCUT2D eigenvalue weighted by atomic mass is 16.5. The van der Waals surface area contributed by atoms with Crippen LogP contribution in [-0.2, 0) is 9.53 Å². The Hall–Kier alpha value is -1.79. The summed E-state index contributed by atoms with van der Waals surface area (Å²) in [5.41, 5.74) is 7.29. The smallest absolute Gasteiger partial charge is 0.237 e. The molecule has 1 aromatic carbocycles. The van der Waals surface area contributed by atoms with Crippen LogP contribution in [0.15, 0.2) is 24.3 Å². The minimum atomic E-state index is -0.420. The van der Waals surface area contributed by atoms with Crippen molar-refractivity contribution in [2.45, 2.75) is 37.8 Å². The van der Waals surface area contributed by atoms with Gasteiger partial charge in [0.15, 0.2) is 0 Å². The summed E-state index contributed by atoms with van der Waals surface area (Å²) >= 11 is 0. The van der Waals surface area contributed by atoms with E-state index in [1.165, 1.54) is 0 Å². The van der Waals surface area contributed by atoms with Gasteiger partial charge in [-0.05, 0) is 43.7 Å². The number of carbonyl (C=O) groups is 1. The number of benzene rings is 1. The van der Waals surface area contributed by atoms with Gasteiger partial charge in [-0.25, -0.2) is 0 Å². The van der Waals surface area contributed by atoms with Crippen LogP contribution in [0.2, 0.25) is 0 Å². The second-order valence-corrected chi connectivity index (χ2v) is 6.92. The van der Waals surface area contributed by atoms with Crippen molar-refractivity contribution in [2.24, 2.45) is 11.7 Å². The standard InChI is InChI=1S/C19H29N3O3/c1-24-17-5-3-2-4-16(17)22-10-6-15(7-11-22)21-19(23)18(20)14-8-12-25-13-9-14/h2-5,14-15,18H,6-13,20H2,1H3,(H,21,23). The van der Waals surface area contributed by atoms with Crippen LogP contribution in [0.4, 0.5) is 5.69 Å². The first-order valence-corrected chi connectivity index (χ1v) is 9.20. The minimum absolute atomic E-state index is 0.0114. The Morgan fingerprint density at radius 1 is 1.24 bits per heavy atom. The molecule has 1 aromatic rings. The molecule has 2 aliphatic rings. The first kappa shape index (κ1) is 18.0.